The van der Waals surface area contributed by atoms with Crippen molar-refractivity contribution >= 4 is 11.7 Å². The van der Waals surface area contributed by atoms with E-state index in [0.717, 1.165) is 0 Å². The number of rotatable bonds is 1. The van der Waals surface area contributed by atoms with Crippen LogP contribution in [0.5, 0.6) is 0 Å². The number of ether oxygens (including phenoxy) is 1. The molecule has 0 radical (unpaired) electrons. The van der Waals surface area contributed by atoms with Crippen molar-refractivity contribution in [3.63, 3.8) is 0 Å². The summed E-state index contributed by atoms with van der Waals surface area (Å²) < 4.78 is 6.66. The van der Waals surface area contributed by atoms with Crippen LogP contribution in [0, 0.1) is 0 Å². The van der Waals surface area contributed by atoms with Gasteiger partial charge in [-0.05, 0) is 27.2 Å². The average molecular weight is 251 g/mol. The lowest BCUT2D eigenvalue weighted by Gasteiger charge is -2.22. The standard InChI is InChI=1S/C12H17N3O3/c1-12(2,3)18-11(17)8-4-5-9-14-6-7(13)10(16)15(8)9/h6,8H,4-5,13H2,1-3H3. The van der Waals surface area contributed by atoms with Gasteiger partial charge in [0.15, 0.2) is 0 Å². The second-order valence-electron chi connectivity index (χ2n) is 5.39. The minimum Gasteiger partial charge on any atom is -0.458 e. The lowest BCUT2D eigenvalue weighted by atomic mass is 10.1. The van der Waals surface area contributed by atoms with E-state index < -0.39 is 17.6 Å². The molecule has 6 heteroatoms. The van der Waals surface area contributed by atoms with Gasteiger partial charge in [0.05, 0.1) is 6.20 Å². The first-order valence-corrected chi connectivity index (χ1v) is 5.88. The highest BCUT2D eigenvalue weighted by Gasteiger charge is 2.33. The number of anilines is 1. The third kappa shape index (κ3) is 2.23. The van der Waals surface area contributed by atoms with Crippen LogP contribution in [-0.4, -0.2) is 21.1 Å². The van der Waals surface area contributed by atoms with Gasteiger partial charge in [-0.1, -0.05) is 0 Å². The Morgan fingerprint density at radius 1 is 1.56 bits per heavy atom. The summed E-state index contributed by atoms with van der Waals surface area (Å²) in [6.07, 6.45) is 2.45. The Balaban J connectivity index is 2.35. The molecule has 0 spiro atoms. The molecule has 1 atom stereocenters. The maximum Gasteiger partial charge on any atom is 0.329 e. The van der Waals surface area contributed by atoms with E-state index in [1.54, 1.807) is 20.8 Å². The Labute approximate surface area is 105 Å². The summed E-state index contributed by atoms with van der Waals surface area (Å²) in [5.41, 5.74) is 4.65. The van der Waals surface area contributed by atoms with Crippen LogP contribution in [0.4, 0.5) is 5.69 Å². The zero-order chi connectivity index (χ0) is 13.5. The summed E-state index contributed by atoms with van der Waals surface area (Å²) in [7, 11) is 0. The fourth-order valence-corrected chi connectivity index (χ4v) is 2.01. The molecule has 1 aliphatic heterocycles. The Hall–Kier alpha value is -1.85. The fourth-order valence-electron chi connectivity index (χ4n) is 2.01. The summed E-state index contributed by atoms with van der Waals surface area (Å²) in [5.74, 6) is 0.181. The largest absolute Gasteiger partial charge is 0.458 e. The number of nitrogens with two attached hydrogens (primary N) is 1. The molecule has 1 aliphatic rings. The van der Waals surface area contributed by atoms with Gasteiger partial charge in [0.2, 0.25) is 0 Å². The van der Waals surface area contributed by atoms with Crippen LogP contribution >= 0.6 is 0 Å². The number of nitrogen functional groups attached to an aromatic ring is 1. The van der Waals surface area contributed by atoms with Gasteiger partial charge in [-0.2, -0.15) is 0 Å². The summed E-state index contributed by atoms with van der Waals surface area (Å²) >= 11 is 0. The normalized spacial score (nSPS) is 18.5. The topological polar surface area (TPSA) is 87.2 Å². The van der Waals surface area contributed by atoms with Crippen molar-refractivity contribution in [2.24, 2.45) is 0 Å². The first-order chi connectivity index (χ1) is 8.29. The number of aromatic nitrogens is 2. The quantitative estimate of drug-likeness (QED) is 0.741. The molecular formula is C12H17N3O3. The van der Waals surface area contributed by atoms with Crippen molar-refractivity contribution in [1.29, 1.82) is 0 Å². The molecule has 98 valence electrons. The van der Waals surface area contributed by atoms with Gasteiger partial charge in [0.25, 0.3) is 5.56 Å². The molecule has 0 bridgehead atoms. The van der Waals surface area contributed by atoms with E-state index in [1.807, 2.05) is 0 Å². The van der Waals surface area contributed by atoms with E-state index in [4.69, 9.17) is 10.5 Å². The lowest BCUT2D eigenvalue weighted by Crippen LogP contribution is -2.34. The van der Waals surface area contributed by atoms with Crippen LogP contribution in [0.15, 0.2) is 11.0 Å². The summed E-state index contributed by atoms with van der Waals surface area (Å²) in [4.78, 5) is 28.0. The maximum absolute atomic E-state index is 12.0. The van der Waals surface area contributed by atoms with Gasteiger partial charge in [-0.15, -0.1) is 0 Å². The van der Waals surface area contributed by atoms with Gasteiger partial charge in [0, 0.05) is 6.42 Å². The zero-order valence-corrected chi connectivity index (χ0v) is 10.8. The third-order valence-corrected chi connectivity index (χ3v) is 2.73. The van der Waals surface area contributed by atoms with Gasteiger partial charge >= 0.3 is 5.97 Å². The smallest absolute Gasteiger partial charge is 0.329 e. The molecule has 0 fully saturated rings. The minimum absolute atomic E-state index is 0.0502. The van der Waals surface area contributed by atoms with Crippen LogP contribution in [0.1, 0.15) is 39.1 Å². The van der Waals surface area contributed by atoms with E-state index in [0.29, 0.717) is 18.7 Å². The van der Waals surface area contributed by atoms with Crippen LogP contribution < -0.4 is 11.3 Å². The Morgan fingerprint density at radius 2 is 2.22 bits per heavy atom. The molecule has 0 saturated heterocycles. The van der Waals surface area contributed by atoms with E-state index in [-0.39, 0.29) is 11.2 Å². The first-order valence-electron chi connectivity index (χ1n) is 5.88. The van der Waals surface area contributed by atoms with Crippen molar-refractivity contribution < 1.29 is 9.53 Å². The molecule has 1 unspecified atom stereocenters. The number of fused-ring (bicyclic) bond motifs is 1. The highest BCUT2D eigenvalue weighted by Crippen LogP contribution is 2.25. The zero-order valence-electron chi connectivity index (χ0n) is 10.8. The Morgan fingerprint density at radius 3 is 2.83 bits per heavy atom. The van der Waals surface area contributed by atoms with Crippen molar-refractivity contribution in [2.45, 2.75) is 45.3 Å². The van der Waals surface area contributed by atoms with Crippen LogP contribution in [0.3, 0.4) is 0 Å². The summed E-state index contributed by atoms with van der Waals surface area (Å²) in [5, 5.41) is 0. The Bertz CT molecular complexity index is 542. The average Bonchev–Trinajstić information content (AvgIpc) is 2.65. The first kappa shape index (κ1) is 12.6. The number of carbonyl (C=O) groups excluding carboxylic acids is 1. The molecule has 6 nitrogen and oxygen atoms in total. The third-order valence-electron chi connectivity index (χ3n) is 2.73. The second kappa shape index (κ2) is 4.12. The van der Waals surface area contributed by atoms with Gasteiger partial charge in [-0.25, -0.2) is 9.78 Å². The molecule has 2 heterocycles. The lowest BCUT2D eigenvalue weighted by molar-refractivity contribution is -0.158. The molecule has 0 amide bonds. The number of hydrogen-bond acceptors (Lipinski definition) is 5. The maximum atomic E-state index is 12.0. The van der Waals surface area contributed by atoms with Crippen molar-refractivity contribution in [1.82, 2.24) is 9.55 Å². The van der Waals surface area contributed by atoms with E-state index in [9.17, 15) is 9.59 Å². The van der Waals surface area contributed by atoms with Crippen LogP contribution in [0.25, 0.3) is 0 Å². The number of carbonyl (C=O) groups is 1. The number of nitrogens with zero attached hydrogens (tertiary/aromatic N) is 2. The van der Waals surface area contributed by atoms with E-state index in [1.165, 1.54) is 10.8 Å². The summed E-state index contributed by atoms with van der Waals surface area (Å²) in [6, 6.07) is -0.609. The number of esters is 1. The number of aryl methyl sites for hydroxylation is 1. The van der Waals surface area contributed by atoms with Gasteiger partial charge < -0.3 is 10.5 Å². The minimum atomic E-state index is -0.609. The molecule has 0 saturated carbocycles. The second-order valence-corrected chi connectivity index (χ2v) is 5.39. The molecule has 0 aliphatic carbocycles. The van der Waals surface area contributed by atoms with Gasteiger partial charge in [0.1, 0.15) is 23.2 Å². The molecule has 2 N–H and O–H groups in total. The van der Waals surface area contributed by atoms with Gasteiger partial charge in [-0.3, -0.25) is 9.36 Å². The molecule has 18 heavy (non-hydrogen) atoms. The predicted octanol–water partition coefficient (Wildman–Crippen LogP) is 0.654. The highest BCUT2D eigenvalue weighted by molar-refractivity contribution is 5.75. The molecule has 2 rings (SSSR count). The highest BCUT2D eigenvalue weighted by atomic mass is 16.6. The summed E-state index contributed by atoms with van der Waals surface area (Å²) in [6.45, 7) is 5.38. The van der Waals surface area contributed by atoms with Crippen molar-refractivity contribution in [3.8, 4) is 0 Å². The van der Waals surface area contributed by atoms with Crippen molar-refractivity contribution in [3.05, 3.63) is 22.4 Å². The monoisotopic (exact) mass is 251 g/mol. The van der Waals surface area contributed by atoms with Crippen molar-refractivity contribution in [2.75, 3.05) is 5.73 Å². The van der Waals surface area contributed by atoms with E-state index in [2.05, 4.69) is 4.98 Å². The molecule has 0 aromatic carbocycles. The molecular weight excluding hydrogens is 234 g/mol. The fraction of sp³-hybridized carbons (Fsp3) is 0.583. The van der Waals surface area contributed by atoms with E-state index >= 15 is 0 Å². The van der Waals surface area contributed by atoms with Crippen LogP contribution in [0.2, 0.25) is 0 Å². The SMILES string of the molecule is CC(C)(C)OC(=O)C1CCc2ncc(N)c(=O)n21. The molecule has 1 aromatic rings. The van der Waals surface area contributed by atoms with Crippen LogP contribution in [-0.2, 0) is 16.0 Å². The molecule has 1 aromatic heterocycles. The predicted molar refractivity (Wildman–Crippen MR) is 66.1 cm³/mol. The Kier molecular flexibility index (Phi) is 2.88. The number of hydrogen-bond donors (Lipinski definition) is 1.